The van der Waals surface area contributed by atoms with Crippen molar-refractivity contribution in [2.75, 3.05) is 0 Å². The molecule has 0 fully saturated rings. The van der Waals surface area contributed by atoms with Gasteiger partial charge in [0.1, 0.15) is 5.78 Å². The molecular weight excluding hydrogens is 172 g/mol. The fraction of sp³-hybridized carbons (Fsp3) is 0.769. The Labute approximate surface area is 86.6 Å². The predicted molar refractivity (Wildman–Crippen MR) is 58.1 cm³/mol. The number of hydrogen-bond donors (Lipinski definition) is 0. The molecule has 0 saturated heterocycles. The van der Waals surface area contributed by atoms with E-state index >= 15 is 0 Å². The molecule has 14 heavy (non-hydrogen) atoms. The molecule has 0 spiro atoms. The van der Waals surface area contributed by atoms with E-state index in [1.54, 1.807) is 5.57 Å². The first kappa shape index (κ1) is 9.95. The van der Waals surface area contributed by atoms with Crippen LogP contribution in [-0.2, 0) is 4.79 Å². The molecule has 0 amide bonds. The van der Waals surface area contributed by atoms with Crippen LogP contribution >= 0.6 is 0 Å². The molecule has 0 saturated carbocycles. The van der Waals surface area contributed by atoms with E-state index in [2.05, 4.69) is 6.08 Å². The maximum Gasteiger partial charge on any atom is 0.132 e. The van der Waals surface area contributed by atoms with Crippen molar-refractivity contribution in [2.45, 2.75) is 57.8 Å². The molecule has 2 aliphatic carbocycles. The molecule has 2 bridgehead atoms. The van der Waals surface area contributed by atoms with Gasteiger partial charge in [-0.15, -0.1) is 0 Å². The summed E-state index contributed by atoms with van der Waals surface area (Å²) in [4.78, 5) is 11.4. The van der Waals surface area contributed by atoms with E-state index < -0.39 is 0 Å². The lowest BCUT2D eigenvalue weighted by atomic mass is 9.84. The van der Waals surface area contributed by atoms with Crippen molar-refractivity contribution in [3.05, 3.63) is 11.6 Å². The summed E-state index contributed by atoms with van der Waals surface area (Å²) < 4.78 is 0. The summed E-state index contributed by atoms with van der Waals surface area (Å²) in [5.74, 6) is 1.22. The monoisotopic (exact) mass is 192 g/mol. The third kappa shape index (κ3) is 2.70. The SMILES string of the molecule is O=C1CCCCC2=CC(CCC2)CC1. The highest BCUT2D eigenvalue weighted by atomic mass is 16.1. The van der Waals surface area contributed by atoms with E-state index in [1.807, 2.05) is 0 Å². The average Bonchev–Trinajstić information content (AvgIpc) is 2.21. The number of allylic oxidation sites excluding steroid dienone is 2. The van der Waals surface area contributed by atoms with Gasteiger partial charge in [-0.1, -0.05) is 11.6 Å². The first-order valence-corrected chi connectivity index (χ1v) is 6.06. The third-order valence-corrected chi connectivity index (χ3v) is 3.54. The maximum absolute atomic E-state index is 11.4. The number of carbonyl (C=O) groups is 1. The number of carbonyl (C=O) groups excluding carboxylic acids is 1. The van der Waals surface area contributed by atoms with Gasteiger partial charge >= 0.3 is 0 Å². The molecule has 2 aliphatic rings. The fourth-order valence-electron chi connectivity index (χ4n) is 2.67. The Balaban J connectivity index is 2.00. The van der Waals surface area contributed by atoms with E-state index in [0.29, 0.717) is 5.78 Å². The normalized spacial score (nSPS) is 29.6. The summed E-state index contributed by atoms with van der Waals surface area (Å²) in [6, 6.07) is 0. The van der Waals surface area contributed by atoms with Crippen molar-refractivity contribution in [1.29, 1.82) is 0 Å². The van der Waals surface area contributed by atoms with Crippen LogP contribution in [0.4, 0.5) is 0 Å². The summed E-state index contributed by atoms with van der Waals surface area (Å²) in [6.45, 7) is 0. The van der Waals surface area contributed by atoms with Crippen LogP contribution in [0.5, 0.6) is 0 Å². The van der Waals surface area contributed by atoms with Crippen LogP contribution in [0, 0.1) is 5.92 Å². The second-order valence-electron chi connectivity index (χ2n) is 4.76. The topological polar surface area (TPSA) is 17.1 Å². The maximum atomic E-state index is 11.4. The van der Waals surface area contributed by atoms with Crippen LogP contribution in [-0.4, -0.2) is 5.78 Å². The number of ketones is 1. The highest BCUT2D eigenvalue weighted by Crippen LogP contribution is 2.30. The molecule has 0 radical (unpaired) electrons. The molecule has 78 valence electrons. The zero-order valence-corrected chi connectivity index (χ0v) is 8.93. The quantitative estimate of drug-likeness (QED) is 0.535. The first-order valence-electron chi connectivity index (χ1n) is 6.06. The van der Waals surface area contributed by atoms with E-state index in [9.17, 15) is 4.79 Å². The average molecular weight is 192 g/mol. The van der Waals surface area contributed by atoms with E-state index in [1.165, 1.54) is 32.1 Å². The molecule has 0 aromatic rings. The van der Waals surface area contributed by atoms with Gasteiger partial charge in [-0.2, -0.15) is 0 Å². The zero-order chi connectivity index (χ0) is 9.80. The van der Waals surface area contributed by atoms with Crippen molar-refractivity contribution in [1.82, 2.24) is 0 Å². The summed E-state index contributed by atoms with van der Waals surface area (Å²) >= 11 is 0. The molecule has 0 heterocycles. The van der Waals surface area contributed by atoms with Crippen LogP contribution in [0.15, 0.2) is 11.6 Å². The summed E-state index contributed by atoms with van der Waals surface area (Å²) in [5.41, 5.74) is 1.68. The number of fused-ring (bicyclic) bond motifs is 1. The summed E-state index contributed by atoms with van der Waals surface area (Å²) in [6.07, 6.45) is 12.8. The Kier molecular flexibility index (Phi) is 3.39. The van der Waals surface area contributed by atoms with Crippen molar-refractivity contribution in [2.24, 2.45) is 5.92 Å². The minimum atomic E-state index is 0.493. The second-order valence-corrected chi connectivity index (χ2v) is 4.76. The lowest BCUT2D eigenvalue weighted by molar-refractivity contribution is -0.119. The van der Waals surface area contributed by atoms with Crippen molar-refractivity contribution in [3.63, 3.8) is 0 Å². The Hall–Kier alpha value is -0.590. The minimum absolute atomic E-state index is 0.493. The van der Waals surface area contributed by atoms with Gasteiger partial charge < -0.3 is 0 Å². The van der Waals surface area contributed by atoms with E-state index in [4.69, 9.17) is 0 Å². The molecule has 2 rings (SSSR count). The minimum Gasteiger partial charge on any atom is -0.300 e. The second kappa shape index (κ2) is 4.77. The molecule has 0 aromatic carbocycles. The molecule has 0 N–H and O–H groups in total. The highest BCUT2D eigenvalue weighted by Gasteiger charge is 2.16. The molecule has 1 heteroatoms. The lowest BCUT2D eigenvalue weighted by Gasteiger charge is -2.22. The molecule has 0 aliphatic heterocycles. The van der Waals surface area contributed by atoms with Gasteiger partial charge in [-0.05, 0) is 50.9 Å². The molecule has 1 atom stereocenters. The van der Waals surface area contributed by atoms with Crippen molar-refractivity contribution >= 4 is 5.78 Å². The predicted octanol–water partition coefficient (Wildman–Crippen LogP) is 3.64. The summed E-state index contributed by atoms with van der Waals surface area (Å²) in [5, 5.41) is 0. The van der Waals surface area contributed by atoms with Gasteiger partial charge in [0, 0.05) is 12.8 Å². The lowest BCUT2D eigenvalue weighted by Crippen LogP contribution is -2.09. The molecular formula is C13H20O. The molecule has 1 nitrogen and oxygen atoms in total. The van der Waals surface area contributed by atoms with Crippen LogP contribution in [0.25, 0.3) is 0 Å². The van der Waals surface area contributed by atoms with Gasteiger partial charge in [-0.3, -0.25) is 4.79 Å². The number of rotatable bonds is 0. The van der Waals surface area contributed by atoms with Gasteiger partial charge in [0.05, 0.1) is 0 Å². The van der Waals surface area contributed by atoms with E-state index in [0.717, 1.165) is 31.6 Å². The van der Waals surface area contributed by atoms with Crippen molar-refractivity contribution < 1.29 is 4.79 Å². The Morgan fingerprint density at radius 1 is 0.929 bits per heavy atom. The van der Waals surface area contributed by atoms with E-state index in [-0.39, 0.29) is 0 Å². The Bertz CT molecular complexity index is 240. The standard InChI is InChI=1S/C13H20O/c14-13-7-2-1-4-11-5-3-6-12(10-11)8-9-13/h10,12H,1-9H2. The largest absolute Gasteiger partial charge is 0.300 e. The van der Waals surface area contributed by atoms with Crippen LogP contribution in [0.3, 0.4) is 0 Å². The van der Waals surface area contributed by atoms with Gasteiger partial charge in [0.15, 0.2) is 0 Å². The van der Waals surface area contributed by atoms with Gasteiger partial charge in [-0.25, -0.2) is 0 Å². The fourth-order valence-corrected chi connectivity index (χ4v) is 2.67. The van der Waals surface area contributed by atoms with Crippen molar-refractivity contribution in [3.8, 4) is 0 Å². The number of Topliss-reactive ketones (excluding diaryl/α,β-unsaturated/α-hetero) is 1. The Morgan fingerprint density at radius 2 is 1.71 bits per heavy atom. The first-order chi connectivity index (χ1) is 6.84. The third-order valence-electron chi connectivity index (χ3n) is 3.54. The number of hydrogen-bond acceptors (Lipinski definition) is 1. The smallest absolute Gasteiger partial charge is 0.132 e. The van der Waals surface area contributed by atoms with Crippen LogP contribution in [0.2, 0.25) is 0 Å². The van der Waals surface area contributed by atoms with Crippen LogP contribution < -0.4 is 0 Å². The molecule has 0 aromatic heterocycles. The van der Waals surface area contributed by atoms with Crippen LogP contribution in [0.1, 0.15) is 57.8 Å². The Morgan fingerprint density at radius 3 is 2.64 bits per heavy atom. The summed E-state index contributed by atoms with van der Waals surface area (Å²) in [7, 11) is 0. The highest BCUT2D eigenvalue weighted by molar-refractivity contribution is 5.78. The van der Waals surface area contributed by atoms with Gasteiger partial charge in [0.25, 0.3) is 0 Å². The zero-order valence-electron chi connectivity index (χ0n) is 8.93. The molecule has 1 unspecified atom stereocenters. The van der Waals surface area contributed by atoms with Gasteiger partial charge in [0.2, 0.25) is 0 Å².